The van der Waals surface area contributed by atoms with Gasteiger partial charge in [-0.2, -0.15) is 0 Å². The van der Waals surface area contributed by atoms with Gasteiger partial charge in [0.2, 0.25) is 0 Å². The molecule has 0 aromatic heterocycles. The van der Waals surface area contributed by atoms with E-state index in [4.69, 9.17) is 9.47 Å². The third-order valence-corrected chi connectivity index (χ3v) is 3.91. The van der Waals surface area contributed by atoms with Gasteiger partial charge in [-0.05, 0) is 17.5 Å². The van der Waals surface area contributed by atoms with Crippen molar-refractivity contribution >= 4 is 11.9 Å². The first-order valence-electron chi connectivity index (χ1n) is 6.28. The maximum absolute atomic E-state index is 11.8. The van der Waals surface area contributed by atoms with E-state index in [1.54, 1.807) is 24.3 Å². The molecule has 0 radical (unpaired) electrons. The van der Waals surface area contributed by atoms with E-state index in [1.165, 1.54) is 7.11 Å². The molecule has 0 N–H and O–H groups in total. The second-order valence-corrected chi connectivity index (χ2v) is 5.39. The van der Waals surface area contributed by atoms with E-state index in [-0.39, 0.29) is 35.8 Å². The van der Waals surface area contributed by atoms with Gasteiger partial charge in [-0.15, -0.1) is 0 Å². The van der Waals surface area contributed by atoms with Crippen LogP contribution in [0.2, 0.25) is 0 Å². The fraction of sp³-hybridized carbons (Fsp3) is 0.467. The molecule has 102 valence electrons. The van der Waals surface area contributed by atoms with Crippen molar-refractivity contribution in [1.82, 2.24) is 0 Å². The van der Waals surface area contributed by atoms with Gasteiger partial charge in [0, 0.05) is 5.92 Å². The second-order valence-electron chi connectivity index (χ2n) is 5.39. The molecule has 1 aromatic carbocycles. The first-order chi connectivity index (χ1) is 8.98. The Morgan fingerprint density at radius 1 is 1.21 bits per heavy atom. The molecule has 2 atom stereocenters. The molecule has 1 saturated carbocycles. The summed E-state index contributed by atoms with van der Waals surface area (Å²) in [7, 11) is 1.38. The number of hydrogen-bond donors (Lipinski definition) is 0. The molecule has 0 bridgehead atoms. The molecule has 1 aliphatic carbocycles. The van der Waals surface area contributed by atoms with Crippen LogP contribution in [0.1, 0.15) is 24.2 Å². The minimum atomic E-state index is -0.355. The van der Waals surface area contributed by atoms with Crippen molar-refractivity contribution in [2.24, 2.45) is 17.3 Å². The molecule has 4 heteroatoms. The number of ether oxygens (including phenoxy) is 2. The quantitative estimate of drug-likeness (QED) is 0.781. The monoisotopic (exact) mass is 262 g/mol. The van der Waals surface area contributed by atoms with Crippen LogP contribution in [0.4, 0.5) is 0 Å². The number of rotatable bonds is 4. The Morgan fingerprint density at radius 2 is 1.84 bits per heavy atom. The van der Waals surface area contributed by atoms with Crippen molar-refractivity contribution in [2.75, 3.05) is 13.7 Å². The minimum absolute atomic E-state index is 0.0348. The highest BCUT2D eigenvalue weighted by molar-refractivity contribution is 5.89. The lowest BCUT2D eigenvalue weighted by Gasteiger charge is -2.05. The number of methoxy groups -OCH3 is 1. The molecule has 2 rings (SSSR count). The summed E-state index contributed by atoms with van der Waals surface area (Å²) >= 11 is 0. The fourth-order valence-electron chi connectivity index (χ4n) is 2.47. The smallest absolute Gasteiger partial charge is 0.338 e. The summed E-state index contributed by atoms with van der Waals surface area (Å²) in [6.45, 7) is 4.21. The molecule has 0 aliphatic heterocycles. The largest absolute Gasteiger partial charge is 0.469 e. The van der Waals surface area contributed by atoms with Gasteiger partial charge >= 0.3 is 11.9 Å². The molecule has 0 spiro atoms. The first kappa shape index (κ1) is 13.6. The molecule has 4 nitrogen and oxygen atoms in total. The Balaban J connectivity index is 1.91. The van der Waals surface area contributed by atoms with Crippen LogP contribution >= 0.6 is 0 Å². The third-order valence-electron chi connectivity index (χ3n) is 3.91. The average Bonchev–Trinajstić information content (AvgIpc) is 2.97. The third kappa shape index (κ3) is 2.62. The van der Waals surface area contributed by atoms with Crippen LogP contribution in [-0.2, 0) is 14.3 Å². The Hall–Kier alpha value is -1.84. The van der Waals surface area contributed by atoms with Crippen molar-refractivity contribution in [2.45, 2.75) is 13.8 Å². The van der Waals surface area contributed by atoms with Crippen LogP contribution in [0.3, 0.4) is 0 Å². The van der Waals surface area contributed by atoms with Gasteiger partial charge in [0.1, 0.15) is 0 Å². The van der Waals surface area contributed by atoms with E-state index >= 15 is 0 Å². The molecule has 0 heterocycles. The molecular formula is C15H18O4. The highest BCUT2D eigenvalue weighted by atomic mass is 16.5. The van der Waals surface area contributed by atoms with E-state index in [0.29, 0.717) is 5.56 Å². The minimum Gasteiger partial charge on any atom is -0.469 e. The molecule has 1 aromatic rings. The standard InChI is InChI=1S/C15H18O4/c1-15(2)11(12(15)14(17)18-3)9-19-13(16)10-7-5-4-6-8-10/h4-8,11-12H,9H2,1-3H3. The van der Waals surface area contributed by atoms with Gasteiger partial charge in [0.25, 0.3) is 0 Å². The summed E-state index contributed by atoms with van der Waals surface area (Å²) in [6.07, 6.45) is 0. The Labute approximate surface area is 112 Å². The predicted octanol–water partition coefficient (Wildman–Crippen LogP) is 2.29. The summed E-state index contributed by atoms with van der Waals surface area (Å²) in [5.41, 5.74) is 0.361. The van der Waals surface area contributed by atoms with Crippen molar-refractivity contribution < 1.29 is 19.1 Å². The average molecular weight is 262 g/mol. The van der Waals surface area contributed by atoms with Crippen LogP contribution < -0.4 is 0 Å². The number of hydrogen-bond acceptors (Lipinski definition) is 4. The maximum Gasteiger partial charge on any atom is 0.338 e. The van der Waals surface area contributed by atoms with Gasteiger partial charge < -0.3 is 9.47 Å². The predicted molar refractivity (Wildman–Crippen MR) is 69.5 cm³/mol. The number of benzene rings is 1. The molecule has 1 aliphatic rings. The highest BCUT2D eigenvalue weighted by Crippen LogP contribution is 2.58. The summed E-state index contributed by atoms with van der Waals surface area (Å²) < 4.78 is 10.0. The molecule has 1 fully saturated rings. The van der Waals surface area contributed by atoms with E-state index in [1.807, 2.05) is 19.9 Å². The summed E-state index contributed by atoms with van der Waals surface area (Å²) in [4.78, 5) is 23.3. The van der Waals surface area contributed by atoms with Gasteiger partial charge in [0.05, 0.1) is 25.2 Å². The first-order valence-corrected chi connectivity index (χ1v) is 6.28. The lowest BCUT2D eigenvalue weighted by molar-refractivity contribution is -0.143. The highest BCUT2D eigenvalue weighted by Gasteiger charge is 2.63. The summed E-state index contributed by atoms with van der Waals surface area (Å²) in [6, 6.07) is 8.83. The van der Waals surface area contributed by atoms with Crippen molar-refractivity contribution in [3.05, 3.63) is 35.9 Å². The molecule has 19 heavy (non-hydrogen) atoms. The van der Waals surface area contributed by atoms with Gasteiger partial charge in [-0.25, -0.2) is 4.79 Å². The number of esters is 2. The Bertz CT molecular complexity index is 478. The zero-order valence-corrected chi connectivity index (χ0v) is 11.4. The fourth-order valence-corrected chi connectivity index (χ4v) is 2.47. The maximum atomic E-state index is 11.8. The van der Waals surface area contributed by atoms with E-state index < -0.39 is 0 Å². The normalized spacial score (nSPS) is 23.5. The lowest BCUT2D eigenvalue weighted by Crippen LogP contribution is -2.11. The van der Waals surface area contributed by atoms with E-state index in [2.05, 4.69) is 0 Å². The summed E-state index contributed by atoms with van der Waals surface area (Å²) in [5.74, 6) is -0.730. The van der Waals surface area contributed by atoms with Crippen molar-refractivity contribution in [3.8, 4) is 0 Å². The van der Waals surface area contributed by atoms with E-state index in [9.17, 15) is 9.59 Å². The second kappa shape index (κ2) is 5.03. The Morgan fingerprint density at radius 3 is 2.42 bits per heavy atom. The van der Waals surface area contributed by atoms with Crippen LogP contribution in [0.25, 0.3) is 0 Å². The molecule has 2 unspecified atom stereocenters. The number of carbonyl (C=O) groups excluding carboxylic acids is 2. The Kier molecular flexibility index (Phi) is 3.60. The van der Waals surface area contributed by atoms with Crippen molar-refractivity contribution in [3.63, 3.8) is 0 Å². The van der Waals surface area contributed by atoms with Crippen LogP contribution in [0.15, 0.2) is 30.3 Å². The SMILES string of the molecule is COC(=O)C1C(COC(=O)c2ccccc2)C1(C)C. The lowest BCUT2D eigenvalue weighted by atomic mass is 10.1. The zero-order chi connectivity index (χ0) is 14.0. The van der Waals surface area contributed by atoms with Gasteiger partial charge in [-0.1, -0.05) is 32.0 Å². The number of carbonyl (C=O) groups is 2. The van der Waals surface area contributed by atoms with Gasteiger partial charge in [0.15, 0.2) is 0 Å². The molecule has 0 saturated heterocycles. The van der Waals surface area contributed by atoms with Crippen LogP contribution in [0.5, 0.6) is 0 Å². The van der Waals surface area contributed by atoms with Crippen LogP contribution in [0, 0.1) is 17.3 Å². The van der Waals surface area contributed by atoms with Crippen molar-refractivity contribution in [1.29, 1.82) is 0 Å². The molecule has 0 amide bonds. The molecular weight excluding hydrogens is 244 g/mol. The topological polar surface area (TPSA) is 52.6 Å². The van der Waals surface area contributed by atoms with Gasteiger partial charge in [-0.3, -0.25) is 4.79 Å². The zero-order valence-electron chi connectivity index (χ0n) is 11.4. The summed E-state index contributed by atoms with van der Waals surface area (Å²) in [5, 5.41) is 0. The van der Waals surface area contributed by atoms with Crippen LogP contribution in [-0.4, -0.2) is 25.7 Å². The van der Waals surface area contributed by atoms with E-state index in [0.717, 1.165) is 0 Å².